The van der Waals surface area contributed by atoms with E-state index in [9.17, 15) is 4.79 Å². The molecule has 7 heteroatoms. The average molecular weight is 375 g/mol. The normalized spacial score (nSPS) is 13.9. The largest absolute Gasteiger partial charge is 0.497 e. The van der Waals surface area contributed by atoms with E-state index in [1.54, 1.807) is 18.7 Å². The third kappa shape index (κ3) is 2.46. The number of para-hydroxylation sites is 1. The first kappa shape index (κ1) is 16.8. The van der Waals surface area contributed by atoms with E-state index in [0.717, 1.165) is 36.5 Å². The minimum absolute atomic E-state index is 0.0579. The molecule has 28 heavy (non-hydrogen) atoms. The van der Waals surface area contributed by atoms with Crippen molar-refractivity contribution in [2.75, 3.05) is 18.6 Å². The maximum absolute atomic E-state index is 12.6. The Morgan fingerprint density at radius 3 is 2.86 bits per heavy atom. The van der Waals surface area contributed by atoms with Gasteiger partial charge in [0.25, 0.3) is 5.56 Å². The quantitative estimate of drug-likeness (QED) is 0.551. The number of benzene rings is 2. The maximum Gasteiger partial charge on any atom is 0.262 e. The summed E-state index contributed by atoms with van der Waals surface area (Å²) in [5.74, 6) is 2.27. The topological polar surface area (TPSA) is 64.7 Å². The summed E-state index contributed by atoms with van der Waals surface area (Å²) in [6, 6.07) is 13.8. The Balaban J connectivity index is 1.64. The van der Waals surface area contributed by atoms with E-state index < -0.39 is 0 Å². The second-order valence-corrected chi connectivity index (χ2v) is 7.15. The van der Waals surface area contributed by atoms with Crippen LogP contribution in [0.25, 0.3) is 16.7 Å². The Kier molecular flexibility index (Phi) is 3.82. The Hall–Kier alpha value is -3.35. The molecule has 2 aromatic heterocycles. The highest BCUT2D eigenvalue weighted by Gasteiger charge is 2.21. The number of hydrogen-bond donors (Lipinski definition) is 0. The van der Waals surface area contributed by atoms with Crippen LogP contribution < -0.4 is 15.2 Å². The number of fused-ring (bicyclic) bond motifs is 4. The molecule has 0 spiro atoms. The van der Waals surface area contributed by atoms with Crippen LogP contribution in [0, 0.1) is 0 Å². The first-order valence-electron chi connectivity index (χ1n) is 9.41. The average Bonchev–Trinajstić information content (AvgIpc) is 3.15. The standard InChI is InChI=1S/C21H21N5O2/c1-24-20(27)16-7-3-4-8-18(16)26-19(22-23-21(24)26)13-25-11-5-6-14-12-15(28-2)9-10-17(14)25/h3-4,7-10,12H,5-6,11,13H2,1-2H3. The van der Waals surface area contributed by atoms with Crippen LogP contribution in [-0.2, 0) is 20.0 Å². The number of ether oxygens (including phenoxy) is 1. The molecule has 2 aromatic carbocycles. The van der Waals surface area contributed by atoms with Gasteiger partial charge in [-0.25, -0.2) is 0 Å². The van der Waals surface area contributed by atoms with Crippen molar-refractivity contribution in [3.8, 4) is 5.75 Å². The van der Waals surface area contributed by atoms with Gasteiger partial charge in [-0.15, -0.1) is 10.2 Å². The fraction of sp³-hybridized carbons (Fsp3) is 0.286. The number of anilines is 1. The number of aromatic nitrogens is 4. The molecule has 0 saturated carbocycles. The zero-order chi connectivity index (χ0) is 19.3. The molecule has 0 bridgehead atoms. The summed E-state index contributed by atoms with van der Waals surface area (Å²) in [6.45, 7) is 1.58. The summed E-state index contributed by atoms with van der Waals surface area (Å²) in [4.78, 5) is 15.0. The van der Waals surface area contributed by atoms with E-state index in [4.69, 9.17) is 4.74 Å². The molecule has 4 aromatic rings. The molecule has 142 valence electrons. The van der Waals surface area contributed by atoms with Crippen LogP contribution >= 0.6 is 0 Å². The van der Waals surface area contributed by atoms with E-state index in [-0.39, 0.29) is 5.56 Å². The molecule has 0 unspecified atom stereocenters. The van der Waals surface area contributed by atoms with E-state index in [1.165, 1.54) is 11.3 Å². The first-order chi connectivity index (χ1) is 13.7. The molecule has 0 radical (unpaired) electrons. The van der Waals surface area contributed by atoms with Crippen LogP contribution in [0.3, 0.4) is 0 Å². The van der Waals surface area contributed by atoms with Gasteiger partial charge in [0.15, 0.2) is 5.82 Å². The number of hydrogen-bond acceptors (Lipinski definition) is 5. The SMILES string of the molecule is COc1ccc2c(c1)CCCN2Cc1nnc2n(C)c(=O)c3ccccc3n12. The van der Waals surface area contributed by atoms with E-state index >= 15 is 0 Å². The predicted octanol–water partition coefficient (Wildman–Crippen LogP) is 2.54. The number of aryl methyl sites for hydroxylation is 2. The van der Waals surface area contributed by atoms with Gasteiger partial charge in [0.2, 0.25) is 5.78 Å². The fourth-order valence-electron chi connectivity index (χ4n) is 4.11. The van der Waals surface area contributed by atoms with Crippen molar-refractivity contribution in [3.05, 3.63) is 64.2 Å². The third-order valence-electron chi connectivity index (χ3n) is 5.53. The highest BCUT2D eigenvalue weighted by Crippen LogP contribution is 2.31. The maximum atomic E-state index is 12.6. The minimum Gasteiger partial charge on any atom is -0.497 e. The molecule has 0 fully saturated rings. The summed E-state index contributed by atoms with van der Waals surface area (Å²) in [5.41, 5.74) is 3.28. The number of rotatable bonds is 3. The van der Waals surface area contributed by atoms with Crippen molar-refractivity contribution in [1.29, 1.82) is 0 Å². The van der Waals surface area contributed by atoms with Gasteiger partial charge in [-0.1, -0.05) is 12.1 Å². The monoisotopic (exact) mass is 375 g/mol. The Labute approximate surface area is 161 Å². The molecule has 3 heterocycles. The second kappa shape index (κ2) is 6.37. The molecular formula is C21H21N5O2. The molecule has 0 atom stereocenters. The summed E-state index contributed by atoms with van der Waals surface area (Å²) in [7, 11) is 3.44. The van der Waals surface area contributed by atoms with Crippen LogP contribution in [0.4, 0.5) is 5.69 Å². The van der Waals surface area contributed by atoms with Crippen LogP contribution in [-0.4, -0.2) is 32.8 Å². The smallest absolute Gasteiger partial charge is 0.262 e. The molecule has 0 N–H and O–H groups in total. The van der Waals surface area contributed by atoms with E-state index in [1.807, 2.05) is 34.7 Å². The van der Waals surface area contributed by atoms with Gasteiger partial charge in [0.1, 0.15) is 5.75 Å². The van der Waals surface area contributed by atoms with Gasteiger partial charge in [-0.3, -0.25) is 13.8 Å². The highest BCUT2D eigenvalue weighted by molar-refractivity contribution is 5.80. The Bertz CT molecular complexity index is 1260. The third-order valence-corrected chi connectivity index (χ3v) is 5.53. The van der Waals surface area contributed by atoms with Crippen molar-refractivity contribution in [1.82, 2.24) is 19.2 Å². The van der Waals surface area contributed by atoms with Crippen LogP contribution in [0.15, 0.2) is 47.3 Å². The van der Waals surface area contributed by atoms with Gasteiger partial charge < -0.3 is 9.64 Å². The summed E-state index contributed by atoms with van der Waals surface area (Å²) in [5, 5.41) is 9.41. The van der Waals surface area contributed by atoms with Gasteiger partial charge in [-0.05, 0) is 48.7 Å². The molecular weight excluding hydrogens is 354 g/mol. The highest BCUT2D eigenvalue weighted by atomic mass is 16.5. The molecule has 5 rings (SSSR count). The van der Waals surface area contributed by atoms with E-state index in [0.29, 0.717) is 17.7 Å². The molecule has 0 saturated heterocycles. The van der Waals surface area contributed by atoms with Gasteiger partial charge in [0, 0.05) is 19.3 Å². The van der Waals surface area contributed by atoms with Gasteiger partial charge >= 0.3 is 0 Å². The van der Waals surface area contributed by atoms with Crippen LogP contribution in [0.1, 0.15) is 17.8 Å². The van der Waals surface area contributed by atoms with Crippen LogP contribution in [0.2, 0.25) is 0 Å². The summed E-state index contributed by atoms with van der Waals surface area (Å²) in [6.07, 6.45) is 2.12. The number of methoxy groups -OCH3 is 1. The Morgan fingerprint density at radius 1 is 1.14 bits per heavy atom. The van der Waals surface area contributed by atoms with Crippen molar-refractivity contribution in [2.24, 2.45) is 7.05 Å². The van der Waals surface area contributed by atoms with Gasteiger partial charge in [0.05, 0.1) is 24.6 Å². The first-order valence-corrected chi connectivity index (χ1v) is 9.41. The van der Waals surface area contributed by atoms with Crippen LogP contribution in [0.5, 0.6) is 5.75 Å². The molecule has 1 aliphatic rings. The minimum atomic E-state index is -0.0579. The molecule has 0 aliphatic carbocycles. The number of nitrogens with zero attached hydrogens (tertiary/aromatic N) is 5. The lowest BCUT2D eigenvalue weighted by molar-refractivity contribution is 0.414. The van der Waals surface area contributed by atoms with E-state index in [2.05, 4.69) is 27.2 Å². The second-order valence-electron chi connectivity index (χ2n) is 7.15. The lowest BCUT2D eigenvalue weighted by Crippen LogP contribution is -2.30. The van der Waals surface area contributed by atoms with Gasteiger partial charge in [-0.2, -0.15) is 0 Å². The lowest BCUT2D eigenvalue weighted by Gasteiger charge is -2.31. The molecule has 0 amide bonds. The zero-order valence-electron chi connectivity index (χ0n) is 15.9. The molecule has 1 aliphatic heterocycles. The summed E-state index contributed by atoms with van der Waals surface area (Å²) >= 11 is 0. The predicted molar refractivity (Wildman–Crippen MR) is 108 cm³/mol. The molecule has 7 nitrogen and oxygen atoms in total. The lowest BCUT2D eigenvalue weighted by atomic mass is 10.0. The fourth-order valence-corrected chi connectivity index (χ4v) is 4.11. The summed E-state index contributed by atoms with van der Waals surface area (Å²) < 4.78 is 8.93. The Morgan fingerprint density at radius 2 is 2.00 bits per heavy atom. The van der Waals surface area contributed by atoms with Crippen molar-refractivity contribution in [2.45, 2.75) is 19.4 Å². The van der Waals surface area contributed by atoms with Crippen molar-refractivity contribution >= 4 is 22.4 Å². The zero-order valence-corrected chi connectivity index (χ0v) is 15.9. The van der Waals surface area contributed by atoms with Crippen molar-refractivity contribution in [3.63, 3.8) is 0 Å². The van der Waals surface area contributed by atoms with Crippen molar-refractivity contribution < 1.29 is 4.74 Å².